The van der Waals surface area contributed by atoms with Gasteiger partial charge in [-0.3, -0.25) is 9.69 Å². The molecule has 0 spiro atoms. The predicted octanol–water partition coefficient (Wildman–Crippen LogP) is 1.68. The summed E-state index contributed by atoms with van der Waals surface area (Å²) in [6, 6.07) is 9.59. The van der Waals surface area contributed by atoms with E-state index in [0.29, 0.717) is 5.92 Å². The first-order valence-electron chi connectivity index (χ1n) is 6.92. The molecule has 0 saturated carbocycles. The first-order valence-corrected chi connectivity index (χ1v) is 6.92. The highest BCUT2D eigenvalue weighted by atomic mass is 16.2. The molecule has 1 aromatic carbocycles. The summed E-state index contributed by atoms with van der Waals surface area (Å²) in [7, 11) is 0. The Bertz CT molecular complexity index is 411. The number of nitrogens with zero attached hydrogens (tertiary/aromatic N) is 1. The van der Waals surface area contributed by atoms with Crippen molar-refractivity contribution in [2.45, 2.75) is 32.4 Å². The lowest BCUT2D eigenvalue weighted by Crippen LogP contribution is -2.53. The summed E-state index contributed by atoms with van der Waals surface area (Å²) in [4.78, 5) is 14.4. The summed E-state index contributed by atoms with van der Waals surface area (Å²) in [6.45, 7) is 5.88. The zero-order valence-electron chi connectivity index (χ0n) is 11.7. The number of likely N-dealkylation sites (tertiary alicyclic amines) is 1. The lowest BCUT2D eigenvalue weighted by molar-refractivity contribution is -0.121. The van der Waals surface area contributed by atoms with Crippen LogP contribution in [0.25, 0.3) is 0 Å². The minimum atomic E-state index is -0.144. The highest BCUT2D eigenvalue weighted by molar-refractivity contribution is 5.94. The second kappa shape index (κ2) is 6.17. The molecule has 0 radical (unpaired) electrons. The highest BCUT2D eigenvalue weighted by Crippen LogP contribution is 2.18. The van der Waals surface area contributed by atoms with Crippen molar-refractivity contribution < 1.29 is 4.79 Å². The summed E-state index contributed by atoms with van der Waals surface area (Å²) in [5.41, 5.74) is 6.87. The van der Waals surface area contributed by atoms with E-state index in [1.54, 1.807) is 0 Å². The van der Waals surface area contributed by atoms with E-state index in [2.05, 4.69) is 17.1 Å². The second-order valence-corrected chi connectivity index (χ2v) is 5.59. The minimum Gasteiger partial charge on any atom is -0.327 e. The van der Waals surface area contributed by atoms with Gasteiger partial charge < -0.3 is 11.1 Å². The van der Waals surface area contributed by atoms with Crippen LogP contribution in [0.3, 0.4) is 0 Å². The average molecular weight is 261 g/mol. The molecule has 1 aliphatic heterocycles. The van der Waals surface area contributed by atoms with Crippen LogP contribution in [0.5, 0.6) is 0 Å². The molecular formula is C15H23N3O. The fourth-order valence-electron chi connectivity index (χ4n) is 2.69. The third kappa shape index (κ3) is 3.78. The number of benzene rings is 1. The number of nitrogens with one attached hydrogen (secondary N) is 1. The van der Waals surface area contributed by atoms with E-state index in [9.17, 15) is 4.79 Å². The van der Waals surface area contributed by atoms with Crippen LogP contribution < -0.4 is 11.1 Å². The molecule has 0 aromatic heterocycles. The van der Waals surface area contributed by atoms with Crippen molar-refractivity contribution in [2.75, 3.05) is 18.4 Å². The molecule has 0 aliphatic carbocycles. The van der Waals surface area contributed by atoms with Crippen LogP contribution in [0.1, 0.15) is 20.3 Å². The Morgan fingerprint density at radius 2 is 2.05 bits per heavy atom. The Labute approximate surface area is 115 Å². The second-order valence-electron chi connectivity index (χ2n) is 5.59. The maximum absolute atomic E-state index is 12.2. The molecule has 3 unspecified atom stereocenters. The van der Waals surface area contributed by atoms with E-state index in [0.717, 1.165) is 25.2 Å². The molecule has 2 rings (SSSR count). The zero-order valence-corrected chi connectivity index (χ0v) is 11.7. The van der Waals surface area contributed by atoms with Gasteiger partial charge >= 0.3 is 0 Å². The van der Waals surface area contributed by atoms with Gasteiger partial charge in [0.2, 0.25) is 5.91 Å². The Kier molecular flexibility index (Phi) is 4.56. The number of hydrogen-bond donors (Lipinski definition) is 2. The van der Waals surface area contributed by atoms with Gasteiger partial charge in [0, 0.05) is 24.8 Å². The van der Waals surface area contributed by atoms with Gasteiger partial charge in [0.05, 0.1) is 6.04 Å². The number of amides is 1. The number of nitrogens with two attached hydrogens (primary N) is 1. The SMILES string of the molecule is CC1CC(N)CN(C(C)C(=O)Nc2ccccc2)C1. The van der Waals surface area contributed by atoms with Crippen molar-refractivity contribution in [3.63, 3.8) is 0 Å². The molecule has 1 amide bonds. The fourth-order valence-corrected chi connectivity index (χ4v) is 2.69. The lowest BCUT2D eigenvalue weighted by Gasteiger charge is -2.37. The molecule has 1 saturated heterocycles. The number of carbonyl (C=O) groups excluding carboxylic acids is 1. The Balaban J connectivity index is 1.95. The highest BCUT2D eigenvalue weighted by Gasteiger charge is 2.28. The van der Waals surface area contributed by atoms with Crippen LogP contribution in [0.15, 0.2) is 30.3 Å². The van der Waals surface area contributed by atoms with E-state index in [-0.39, 0.29) is 18.0 Å². The number of anilines is 1. The summed E-state index contributed by atoms with van der Waals surface area (Å²) in [5, 5.41) is 2.95. The molecule has 1 heterocycles. The van der Waals surface area contributed by atoms with Gasteiger partial charge in [-0.2, -0.15) is 0 Å². The molecule has 4 nitrogen and oxygen atoms in total. The van der Waals surface area contributed by atoms with Crippen LogP contribution in [0.4, 0.5) is 5.69 Å². The van der Waals surface area contributed by atoms with Crippen LogP contribution >= 0.6 is 0 Å². The van der Waals surface area contributed by atoms with Crippen molar-refractivity contribution >= 4 is 11.6 Å². The predicted molar refractivity (Wildman–Crippen MR) is 77.9 cm³/mol. The first-order chi connectivity index (χ1) is 9.06. The van der Waals surface area contributed by atoms with Crippen LogP contribution in [0.2, 0.25) is 0 Å². The Morgan fingerprint density at radius 1 is 1.37 bits per heavy atom. The summed E-state index contributed by atoms with van der Waals surface area (Å²) in [5.74, 6) is 0.586. The van der Waals surface area contributed by atoms with Gasteiger partial charge in [-0.1, -0.05) is 25.1 Å². The number of hydrogen-bond acceptors (Lipinski definition) is 3. The summed E-state index contributed by atoms with van der Waals surface area (Å²) in [6.07, 6.45) is 1.05. The van der Waals surface area contributed by atoms with Gasteiger partial charge in [0.15, 0.2) is 0 Å². The van der Waals surface area contributed by atoms with Gasteiger partial charge in [-0.25, -0.2) is 0 Å². The number of rotatable bonds is 3. The van der Waals surface area contributed by atoms with Crippen molar-refractivity contribution in [3.8, 4) is 0 Å². The van der Waals surface area contributed by atoms with E-state index >= 15 is 0 Å². The topological polar surface area (TPSA) is 58.4 Å². The number of piperidine rings is 1. The molecule has 104 valence electrons. The maximum Gasteiger partial charge on any atom is 0.241 e. The third-order valence-corrected chi connectivity index (χ3v) is 3.69. The Morgan fingerprint density at radius 3 is 2.68 bits per heavy atom. The van der Waals surface area contributed by atoms with Crippen molar-refractivity contribution in [1.29, 1.82) is 0 Å². The van der Waals surface area contributed by atoms with Crippen LogP contribution in [0, 0.1) is 5.92 Å². The van der Waals surface area contributed by atoms with Crippen molar-refractivity contribution in [3.05, 3.63) is 30.3 Å². The monoisotopic (exact) mass is 261 g/mol. The van der Waals surface area contributed by atoms with Crippen molar-refractivity contribution in [2.24, 2.45) is 11.7 Å². The average Bonchev–Trinajstić information content (AvgIpc) is 2.37. The molecule has 19 heavy (non-hydrogen) atoms. The molecule has 3 atom stereocenters. The molecule has 1 aliphatic rings. The summed E-state index contributed by atoms with van der Waals surface area (Å²) < 4.78 is 0. The van der Waals surface area contributed by atoms with E-state index in [4.69, 9.17) is 5.73 Å². The van der Waals surface area contributed by atoms with Gasteiger partial charge in [-0.05, 0) is 31.4 Å². The molecule has 1 fully saturated rings. The largest absolute Gasteiger partial charge is 0.327 e. The third-order valence-electron chi connectivity index (χ3n) is 3.69. The fraction of sp³-hybridized carbons (Fsp3) is 0.533. The Hall–Kier alpha value is -1.39. The first kappa shape index (κ1) is 14.0. The lowest BCUT2D eigenvalue weighted by atomic mass is 9.95. The van der Waals surface area contributed by atoms with Gasteiger partial charge in [0.25, 0.3) is 0 Å². The van der Waals surface area contributed by atoms with E-state index in [1.165, 1.54) is 0 Å². The quantitative estimate of drug-likeness (QED) is 0.870. The minimum absolute atomic E-state index is 0.0347. The van der Waals surface area contributed by atoms with Gasteiger partial charge in [-0.15, -0.1) is 0 Å². The zero-order chi connectivity index (χ0) is 13.8. The molecule has 4 heteroatoms. The van der Waals surface area contributed by atoms with E-state index < -0.39 is 0 Å². The molecular weight excluding hydrogens is 238 g/mol. The molecule has 0 bridgehead atoms. The molecule has 1 aromatic rings. The molecule has 3 N–H and O–H groups in total. The standard InChI is InChI=1S/C15H23N3O/c1-11-8-13(16)10-18(9-11)12(2)15(19)17-14-6-4-3-5-7-14/h3-7,11-13H,8-10,16H2,1-2H3,(H,17,19). The van der Waals surface area contributed by atoms with Crippen molar-refractivity contribution in [1.82, 2.24) is 4.90 Å². The van der Waals surface area contributed by atoms with Crippen LogP contribution in [-0.4, -0.2) is 36.0 Å². The van der Waals surface area contributed by atoms with E-state index in [1.807, 2.05) is 37.3 Å². The smallest absolute Gasteiger partial charge is 0.241 e. The number of para-hydroxylation sites is 1. The van der Waals surface area contributed by atoms with Gasteiger partial charge in [0.1, 0.15) is 0 Å². The maximum atomic E-state index is 12.2. The number of carbonyl (C=O) groups is 1. The summed E-state index contributed by atoms with van der Waals surface area (Å²) >= 11 is 0. The van der Waals surface area contributed by atoms with Crippen LogP contribution in [-0.2, 0) is 4.79 Å². The normalized spacial score (nSPS) is 25.8.